The van der Waals surface area contributed by atoms with E-state index in [1.54, 1.807) is 48.5 Å². The fraction of sp³-hybridized carbons (Fsp3) is 0.0476. The Morgan fingerprint density at radius 2 is 1.52 bits per heavy atom. The zero-order chi connectivity index (χ0) is 20.6. The summed E-state index contributed by atoms with van der Waals surface area (Å²) in [6.45, 7) is -0.265. The maximum Gasteiger partial charge on any atom is 0.269 e. The maximum absolute atomic E-state index is 12.2. The Hall–Kier alpha value is -4.20. The number of anilines is 2. The molecule has 2 amide bonds. The van der Waals surface area contributed by atoms with Gasteiger partial charge in [0.2, 0.25) is 0 Å². The molecule has 0 bridgehead atoms. The third-order valence-corrected chi connectivity index (χ3v) is 3.86. The lowest BCUT2D eigenvalue weighted by Crippen LogP contribution is -2.20. The van der Waals surface area contributed by atoms with Crippen molar-refractivity contribution in [2.75, 3.05) is 17.2 Å². The molecular weight excluding hydrogens is 374 g/mol. The van der Waals surface area contributed by atoms with Crippen LogP contribution in [-0.2, 0) is 4.79 Å². The predicted octanol–water partition coefficient (Wildman–Crippen LogP) is 3.86. The largest absolute Gasteiger partial charge is 0.484 e. The average Bonchev–Trinajstić information content (AvgIpc) is 2.73. The first-order chi connectivity index (χ1) is 14.0. The molecule has 2 N–H and O–H groups in total. The Labute approximate surface area is 166 Å². The second kappa shape index (κ2) is 9.14. The van der Waals surface area contributed by atoms with E-state index < -0.39 is 10.8 Å². The molecule has 0 saturated heterocycles. The molecule has 146 valence electrons. The fourth-order valence-corrected chi connectivity index (χ4v) is 2.48. The van der Waals surface area contributed by atoms with Crippen LogP contribution in [0.4, 0.5) is 17.1 Å². The third-order valence-electron chi connectivity index (χ3n) is 3.86. The number of nitrogens with zero attached hydrogens (tertiary/aromatic N) is 1. The van der Waals surface area contributed by atoms with Crippen LogP contribution in [0, 0.1) is 10.1 Å². The molecule has 0 aliphatic heterocycles. The minimum absolute atomic E-state index is 0.0591. The second-order valence-corrected chi connectivity index (χ2v) is 5.99. The number of carbonyl (C=O) groups excluding carboxylic acids is 2. The Morgan fingerprint density at radius 1 is 0.862 bits per heavy atom. The SMILES string of the molecule is O=C(COc1ccc([N+](=O)[O-])cc1)Nc1cccc(NC(=O)c2ccccc2)c1. The minimum Gasteiger partial charge on any atom is -0.484 e. The number of ether oxygens (including phenoxy) is 1. The van der Waals surface area contributed by atoms with E-state index in [2.05, 4.69) is 10.6 Å². The summed E-state index contributed by atoms with van der Waals surface area (Å²) in [5.41, 5.74) is 1.50. The highest BCUT2D eigenvalue weighted by Gasteiger charge is 2.09. The van der Waals surface area contributed by atoms with Crippen LogP contribution in [0.25, 0.3) is 0 Å². The van der Waals surface area contributed by atoms with Crippen molar-refractivity contribution in [1.29, 1.82) is 0 Å². The summed E-state index contributed by atoms with van der Waals surface area (Å²) >= 11 is 0. The highest BCUT2D eigenvalue weighted by Crippen LogP contribution is 2.18. The fourth-order valence-electron chi connectivity index (χ4n) is 2.48. The van der Waals surface area contributed by atoms with Crippen LogP contribution in [0.5, 0.6) is 5.75 Å². The van der Waals surface area contributed by atoms with Gasteiger partial charge in [-0.15, -0.1) is 0 Å². The van der Waals surface area contributed by atoms with Crippen molar-refractivity contribution in [3.05, 3.63) is 94.5 Å². The van der Waals surface area contributed by atoms with E-state index in [1.165, 1.54) is 24.3 Å². The summed E-state index contributed by atoms with van der Waals surface area (Å²) in [4.78, 5) is 34.4. The number of hydrogen-bond acceptors (Lipinski definition) is 5. The minimum atomic E-state index is -0.514. The molecular formula is C21H17N3O5. The van der Waals surface area contributed by atoms with Crippen molar-refractivity contribution < 1.29 is 19.2 Å². The summed E-state index contributed by atoms with van der Waals surface area (Å²) in [7, 11) is 0. The third kappa shape index (κ3) is 5.64. The van der Waals surface area contributed by atoms with Gasteiger partial charge in [-0.1, -0.05) is 24.3 Å². The number of rotatable bonds is 7. The van der Waals surface area contributed by atoms with Crippen molar-refractivity contribution in [2.24, 2.45) is 0 Å². The Bertz CT molecular complexity index is 1020. The van der Waals surface area contributed by atoms with Gasteiger partial charge in [-0.25, -0.2) is 0 Å². The van der Waals surface area contributed by atoms with Gasteiger partial charge in [0, 0.05) is 29.1 Å². The first-order valence-electron chi connectivity index (χ1n) is 8.65. The molecule has 0 heterocycles. The number of amides is 2. The van der Waals surface area contributed by atoms with E-state index in [1.807, 2.05) is 6.07 Å². The van der Waals surface area contributed by atoms with Gasteiger partial charge in [0.05, 0.1) is 4.92 Å². The number of carbonyl (C=O) groups is 2. The molecule has 8 nitrogen and oxygen atoms in total. The summed E-state index contributed by atoms with van der Waals surface area (Å²) < 4.78 is 5.32. The zero-order valence-corrected chi connectivity index (χ0v) is 15.2. The Morgan fingerprint density at radius 3 is 2.17 bits per heavy atom. The normalized spacial score (nSPS) is 10.1. The standard InChI is InChI=1S/C21H17N3O5/c25-20(14-29-19-11-9-18(10-12-19)24(27)28)22-16-7-4-8-17(13-16)23-21(26)15-5-2-1-3-6-15/h1-13H,14H2,(H,22,25)(H,23,26). The van der Waals surface area contributed by atoms with Crippen molar-refractivity contribution in [2.45, 2.75) is 0 Å². The maximum atomic E-state index is 12.2. The number of benzene rings is 3. The summed E-state index contributed by atoms with van der Waals surface area (Å²) in [5.74, 6) is -0.319. The molecule has 0 radical (unpaired) electrons. The number of hydrogen-bond donors (Lipinski definition) is 2. The molecule has 8 heteroatoms. The van der Waals surface area contributed by atoms with Crippen LogP contribution in [0.3, 0.4) is 0 Å². The molecule has 0 spiro atoms. The average molecular weight is 391 g/mol. The first-order valence-corrected chi connectivity index (χ1v) is 8.65. The lowest BCUT2D eigenvalue weighted by molar-refractivity contribution is -0.384. The second-order valence-electron chi connectivity index (χ2n) is 5.99. The van der Waals surface area contributed by atoms with Gasteiger partial charge >= 0.3 is 0 Å². The number of nitrogens with one attached hydrogen (secondary N) is 2. The molecule has 3 rings (SSSR count). The van der Waals surface area contributed by atoms with Crippen LogP contribution in [0.15, 0.2) is 78.9 Å². The van der Waals surface area contributed by atoms with Gasteiger partial charge in [-0.05, 0) is 42.5 Å². The van der Waals surface area contributed by atoms with Crippen molar-refractivity contribution >= 4 is 28.9 Å². The highest BCUT2D eigenvalue weighted by atomic mass is 16.6. The van der Waals surface area contributed by atoms with Crippen LogP contribution >= 0.6 is 0 Å². The van der Waals surface area contributed by atoms with E-state index in [0.717, 1.165) is 0 Å². The molecule has 0 atom stereocenters. The molecule has 0 fully saturated rings. The van der Waals surface area contributed by atoms with E-state index in [4.69, 9.17) is 4.74 Å². The number of nitro groups is 1. The van der Waals surface area contributed by atoms with Crippen molar-refractivity contribution in [3.8, 4) is 5.75 Å². The van der Waals surface area contributed by atoms with E-state index in [-0.39, 0.29) is 18.2 Å². The van der Waals surface area contributed by atoms with E-state index >= 15 is 0 Å². The molecule has 0 saturated carbocycles. The number of nitro benzene ring substituents is 1. The molecule has 0 unspecified atom stereocenters. The van der Waals surface area contributed by atoms with Gasteiger partial charge in [-0.3, -0.25) is 19.7 Å². The van der Waals surface area contributed by atoms with Crippen molar-refractivity contribution in [1.82, 2.24) is 0 Å². The number of non-ortho nitro benzene ring substituents is 1. The van der Waals surface area contributed by atoms with Gasteiger partial charge in [0.15, 0.2) is 6.61 Å². The smallest absolute Gasteiger partial charge is 0.269 e. The topological polar surface area (TPSA) is 111 Å². The summed E-state index contributed by atoms with van der Waals surface area (Å²) in [6, 6.07) is 20.9. The van der Waals surface area contributed by atoms with Crippen LogP contribution < -0.4 is 15.4 Å². The molecule has 3 aromatic rings. The van der Waals surface area contributed by atoms with Crippen LogP contribution in [0.2, 0.25) is 0 Å². The van der Waals surface area contributed by atoms with Gasteiger partial charge in [0.25, 0.3) is 17.5 Å². The molecule has 29 heavy (non-hydrogen) atoms. The molecule has 0 aliphatic carbocycles. The lowest BCUT2D eigenvalue weighted by atomic mass is 10.2. The predicted molar refractivity (Wildman–Crippen MR) is 108 cm³/mol. The van der Waals surface area contributed by atoms with E-state index in [0.29, 0.717) is 22.7 Å². The van der Waals surface area contributed by atoms with Crippen molar-refractivity contribution in [3.63, 3.8) is 0 Å². The van der Waals surface area contributed by atoms with Gasteiger partial charge in [0.1, 0.15) is 5.75 Å². The van der Waals surface area contributed by atoms with Gasteiger partial charge in [-0.2, -0.15) is 0 Å². The Kier molecular flexibility index (Phi) is 6.16. The Balaban J connectivity index is 1.54. The van der Waals surface area contributed by atoms with Crippen LogP contribution in [0.1, 0.15) is 10.4 Å². The molecule has 0 aliphatic rings. The van der Waals surface area contributed by atoms with E-state index in [9.17, 15) is 19.7 Å². The van der Waals surface area contributed by atoms with Gasteiger partial charge < -0.3 is 15.4 Å². The monoisotopic (exact) mass is 391 g/mol. The summed E-state index contributed by atoms with van der Waals surface area (Å²) in [6.07, 6.45) is 0. The quantitative estimate of drug-likeness (QED) is 0.469. The van der Waals surface area contributed by atoms with Crippen LogP contribution in [-0.4, -0.2) is 23.3 Å². The molecule has 3 aromatic carbocycles. The zero-order valence-electron chi connectivity index (χ0n) is 15.2. The first kappa shape index (κ1) is 19.6. The summed E-state index contributed by atoms with van der Waals surface area (Å²) in [5, 5.41) is 16.1. The molecule has 0 aromatic heterocycles. The lowest BCUT2D eigenvalue weighted by Gasteiger charge is -2.10. The highest BCUT2D eigenvalue weighted by molar-refractivity contribution is 6.04.